The number of carbonyl (C=O) groups is 1. The quantitative estimate of drug-likeness (QED) is 0.465. The Labute approximate surface area is 184 Å². The molecule has 32 heavy (non-hydrogen) atoms. The molecular weight excluding hydrogens is 404 g/mol. The molecule has 0 spiro atoms. The summed E-state index contributed by atoms with van der Waals surface area (Å²) in [4.78, 5) is 38.3. The number of aromatic nitrogens is 4. The van der Waals surface area contributed by atoms with Crippen LogP contribution in [0.1, 0.15) is 36.8 Å². The molecule has 0 atom stereocenters. The van der Waals surface area contributed by atoms with Crippen molar-refractivity contribution in [1.29, 1.82) is 0 Å². The van der Waals surface area contributed by atoms with Gasteiger partial charge in [-0.2, -0.15) is 0 Å². The van der Waals surface area contributed by atoms with Crippen LogP contribution in [0.4, 0.5) is 5.95 Å². The van der Waals surface area contributed by atoms with Crippen LogP contribution in [-0.4, -0.2) is 37.5 Å². The summed E-state index contributed by atoms with van der Waals surface area (Å²) in [5.41, 5.74) is 3.78. The number of nitrogens with zero attached hydrogens (tertiary/aromatic N) is 3. The second-order valence-corrected chi connectivity index (χ2v) is 8.95. The maximum Gasteiger partial charge on any atom is 0.267 e. The highest BCUT2D eigenvalue weighted by Gasteiger charge is 2.23. The normalized spacial score (nSPS) is 13.7. The Morgan fingerprint density at radius 1 is 1.09 bits per heavy atom. The minimum Gasteiger partial charge on any atom is -0.358 e. The highest BCUT2D eigenvalue weighted by Crippen LogP contribution is 2.30. The van der Waals surface area contributed by atoms with E-state index in [9.17, 15) is 9.59 Å². The fourth-order valence-corrected chi connectivity index (χ4v) is 4.01. The molecule has 1 amide bonds. The van der Waals surface area contributed by atoms with E-state index in [1.54, 1.807) is 29.1 Å². The molecule has 8 heteroatoms. The second kappa shape index (κ2) is 7.33. The number of para-hydroxylation sites is 1. The van der Waals surface area contributed by atoms with Gasteiger partial charge in [0.1, 0.15) is 0 Å². The van der Waals surface area contributed by atoms with E-state index in [4.69, 9.17) is 4.98 Å². The molecule has 4 heterocycles. The summed E-state index contributed by atoms with van der Waals surface area (Å²) in [6, 6.07) is 11.0. The predicted octanol–water partition coefficient (Wildman–Crippen LogP) is 3.27. The van der Waals surface area contributed by atoms with Gasteiger partial charge in [-0.1, -0.05) is 12.1 Å². The number of rotatable bonds is 3. The molecule has 0 saturated heterocycles. The Kier molecular flexibility index (Phi) is 4.58. The van der Waals surface area contributed by atoms with Crippen LogP contribution >= 0.6 is 0 Å². The molecule has 0 aliphatic carbocycles. The minimum absolute atomic E-state index is 0.0871. The molecule has 4 aromatic rings. The number of fused-ring (bicyclic) bond motifs is 2. The first-order valence-corrected chi connectivity index (χ1v) is 10.6. The molecule has 8 nitrogen and oxygen atoms in total. The molecule has 3 N–H and O–H groups in total. The van der Waals surface area contributed by atoms with E-state index in [0.717, 1.165) is 23.4 Å². The van der Waals surface area contributed by atoms with Crippen LogP contribution in [0.3, 0.4) is 0 Å². The number of amides is 1. The predicted molar refractivity (Wildman–Crippen MR) is 124 cm³/mol. The van der Waals surface area contributed by atoms with Crippen molar-refractivity contribution < 1.29 is 4.79 Å². The van der Waals surface area contributed by atoms with Crippen LogP contribution in [0.5, 0.6) is 0 Å². The third kappa shape index (κ3) is 3.43. The Hall–Kier alpha value is -3.94. The molecule has 162 valence electrons. The zero-order valence-corrected chi connectivity index (χ0v) is 18.2. The highest BCUT2D eigenvalue weighted by atomic mass is 16.1. The zero-order valence-electron chi connectivity index (χ0n) is 18.2. The minimum atomic E-state index is -0.324. The summed E-state index contributed by atoms with van der Waals surface area (Å²) in [6.45, 7) is 6.65. The van der Waals surface area contributed by atoms with Gasteiger partial charge in [-0.3, -0.25) is 14.6 Å². The van der Waals surface area contributed by atoms with Crippen LogP contribution in [0.25, 0.3) is 27.8 Å². The SMILES string of the molecule is CC(C)(C)Nc1nc2c(-c3cc4c([nH]3)CCNC4=O)cccc2c(=O)n1-c1cccnc1. The van der Waals surface area contributed by atoms with E-state index in [1.165, 1.54) is 0 Å². The van der Waals surface area contributed by atoms with Crippen LogP contribution in [0, 0.1) is 0 Å². The molecule has 1 aliphatic heterocycles. The van der Waals surface area contributed by atoms with Gasteiger partial charge in [-0.25, -0.2) is 9.55 Å². The Morgan fingerprint density at radius 2 is 1.94 bits per heavy atom. The zero-order chi connectivity index (χ0) is 22.5. The molecule has 0 radical (unpaired) electrons. The summed E-state index contributed by atoms with van der Waals surface area (Å²) in [5.74, 6) is 0.348. The van der Waals surface area contributed by atoms with Crippen molar-refractivity contribution in [2.75, 3.05) is 11.9 Å². The van der Waals surface area contributed by atoms with E-state index in [2.05, 4.69) is 20.6 Å². The second-order valence-electron chi connectivity index (χ2n) is 8.95. The number of benzene rings is 1. The van der Waals surface area contributed by atoms with Crippen molar-refractivity contribution in [3.05, 3.63) is 70.4 Å². The van der Waals surface area contributed by atoms with Crippen LogP contribution < -0.4 is 16.2 Å². The molecule has 0 bridgehead atoms. The van der Waals surface area contributed by atoms with Gasteiger partial charge < -0.3 is 15.6 Å². The van der Waals surface area contributed by atoms with Crippen LogP contribution in [-0.2, 0) is 6.42 Å². The summed E-state index contributed by atoms with van der Waals surface area (Å²) in [7, 11) is 0. The van der Waals surface area contributed by atoms with Crippen molar-refractivity contribution in [3.8, 4) is 16.9 Å². The smallest absolute Gasteiger partial charge is 0.267 e. The van der Waals surface area contributed by atoms with Crippen molar-refractivity contribution in [2.24, 2.45) is 0 Å². The molecular formula is C24H24N6O2. The number of nitrogens with one attached hydrogen (secondary N) is 3. The van der Waals surface area contributed by atoms with Crippen LogP contribution in [0.2, 0.25) is 0 Å². The number of hydrogen-bond donors (Lipinski definition) is 3. The van der Waals surface area contributed by atoms with Gasteiger partial charge in [0, 0.05) is 41.7 Å². The van der Waals surface area contributed by atoms with Gasteiger partial charge in [0.15, 0.2) is 0 Å². The molecule has 0 fully saturated rings. The average Bonchev–Trinajstić information content (AvgIpc) is 3.19. The van der Waals surface area contributed by atoms with Crippen LogP contribution in [0.15, 0.2) is 53.6 Å². The lowest BCUT2D eigenvalue weighted by Crippen LogP contribution is -2.32. The molecule has 1 aromatic carbocycles. The maximum atomic E-state index is 13.6. The van der Waals surface area contributed by atoms with Crippen molar-refractivity contribution >= 4 is 22.8 Å². The Bertz CT molecular complexity index is 1400. The van der Waals surface area contributed by atoms with E-state index in [0.29, 0.717) is 34.6 Å². The number of anilines is 1. The van der Waals surface area contributed by atoms with Gasteiger partial charge in [-0.15, -0.1) is 0 Å². The maximum absolute atomic E-state index is 13.6. The first-order valence-electron chi connectivity index (χ1n) is 10.6. The lowest BCUT2D eigenvalue weighted by Gasteiger charge is -2.24. The van der Waals surface area contributed by atoms with E-state index in [1.807, 2.05) is 45.0 Å². The van der Waals surface area contributed by atoms with Gasteiger partial charge in [0.2, 0.25) is 5.95 Å². The molecule has 5 rings (SSSR count). The average molecular weight is 428 g/mol. The first-order chi connectivity index (χ1) is 15.3. The number of hydrogen-bond acceptors (Lipinski definition) is 5. The molecule has 1 aliphatic rings. The molecule has 0 unspecified atom stereocenters. The fourth-order valence-electron chi connectivity index (χ4n) is 4.01. The van der Waals surface area contributed by atoms with Crippen molar-refractivity contribution in [2.45, 2.75) is 32.7 Å². The van der Waals surface area contributed by atoms with Gasteiger partial charge in [0.25, 0.3) is 11.5 Å². The van der Waals surface area contributed by atoms with Crippen molar-refractivity contribution in [1.82, 2.24) is 24.8 Å². The Balaban J connectivity index is 1.78. The summed E-state index contributed by atoms with van der Waals surface area (Å²) >= 11 is 0. The standard InChI is InChI=1S/C24H24N6O2/c1-24(2,3)29-23-28-20-15(19-12-17-18(27-19)9-11-26-21(17)31)7-4-8-16(20)22(32)30(23)14-6-5-10-25-13-14/h4-8,10,12-13,27H,9,11H2,1-3H3,(H,26,31)(H,28,29). The number of H-pyrrole nitrogens is 1. The van der Waals surface area contributed by atoms with E-state index in [-0.39, 0.29) is 17.0 Å². The largest absolute Gasteiger partial charge is 0.358 e. The van der Waals surface area contributed by atoms with Gasteiger partial charge >= 0.3 is 0 Å². The highest BCUT2D eigenvalue weighted by molar-refractivity contribution is 6.00. The topological polar surface area (TPSA) is 105 Å². The monoisotopic (exact) mass is 428 g/mol. The van der Waals surface area contributed by atoms with Crippen molar-refractivity contribution in [3.63, 3.8) is 0 Å². The molecule has 0 saturated carbocycles. The first kappa shape index (κ1) is 20.0. The number of aromatic amines is 1. The summed E-state index contributed by atoms with van der Waals surface area (Å²) < 4.78 is 1.55. The fraction of sp³-hybridized carbons (Fsp3) is 0.250. The number of carbonyl (C=O) groups excluding carboxylic acids is 1. The van der Waals surface area contributed by atoms with Gasteiger partial charge in [-0.05, 0) is 45.0 Å². The molecule has 3 aromatic heterocycles. The Morgan fingerprint density at radius 3 is 2.66 bits per heavy atom. The third-order valence-electron chi connectivity index (χ3n) is 5.38. The summed E-state index contributed by atoms with van der Waals surface area (Å²) in [6.07, 6.45) is 4.05. The third-order valence-corrected chi connectivity index (χ3v) is 5.38. The number of pyridine rings is 1. The van der Waals surface area contributed by atoms with Gasteiger partial charge in [0.05, 0.1) is 28.4 Å². The van der Waals surface area contributed by atoms with E-state index < -0.39 is 0 Å². The summed E-state index contributed by atoms with van der Waals surface area (Å²) in [5, 5.41) is 6.72. The lowest BCUT2D eigenvalue weighted by atomic mass is 10.1. The lowest BCUT2D eigenvalue weighted by molar-refractivity contribution is 0.0946. The van der Waals surface area contributed by atoms with E-state index >= 15 is 0 Å².